The first-order valence-corrected chi connectivity index (χ1v) is 16.9. The second-order valence-electron chi connectivity index (χ2n) is 10.7. The lowest BCUT2D eigenvalue weighted by molar-refractivity contribution is -0.140. The summed E-state index contributed by atoms with van der Waals surface area (Å²) in [6.45, 7) is 3.13. The van der Waals surface area contributed by atoms with Crippen LogP contribution in [0.15, 0.2) is 112 Å². The molecule has 0 spiro atoms. The first-order valence-electron chi connectivity index (χ1n) is 14.3. The summed E-state index contributed by atoms with van der Waals surface area (Å²) in [5, 5.41) is 3.21. The molecule has 0 radical (unpaired) electrons. The summed E-state index contributed by atoms with van der Waals surface area (Å²) in [7, 11) is -2.88. The van der Waals surface area contributed by atoms with Crippen LogP contribution in [-0.4, -0.2) is 50.9 Å². The second-order valence-corrected chi connectivity index (χ2v) is 13.9. The summed E-state index contributed by atoms with van der Waals surface area (Å²) in [6, 6.07) is 28.0. The van der Waals surface area contributed by atoms with E-state index in [0.29, 0.717) is 0 Å². The highest BCUT2D eigenvalue weighted by Gasteiger charge is 2.35. The van der Waals surface area contributed by atoms with Gasteiger partial charge in [0.05, 0.1) is 17.7 Å². The lowest BCUT2D eigenvalue weighted by atomic mass is 10.0. The maximum absolute atomic E-state index is 14.5. The number of benzene rings is 4. The molecule has 45 heavy (non-hydrogen) atoms. The molecule has 1 unspecified atom stereocenters. The van der Waals surface area contributed by atoms with E-state index in [9.17, 15) is 18.0 Å². The zero-order valence-corrected chi connectivity index (χ0v) is 28.3. The van der Waals surface area contributed by atoms with Gasteiger partial charge in [-0.2, -0.15) is 0 Å². The summed E-state index contributed by atoms with van der Waals surface area (Å²) in [5.41, 5.74) is 1.71. The van der Waals surface area contributed by atoms with Gasteiger partial charge in [0.25, 0.3) is 10.0 Å². The van der Waals surface area contributed by atoms with Crippen molar-refractivity contribution in [2.24, 2.45) is 0 Å². The molecule has 4 rings (SSSR count). The molecule has 0 saturated carbocycles. The van der Waals surface area contributed by atoms with Gasteiger partial charge in [0, 0.05) is 28.5 Å². The first-order chi connectivity index (χ1) is 21.5. The molecule has 0 aliphatic carbocycles. The Labute approximate surface area is 278 Å². The van der Waals surface area contributed by atoms with Crippen LogP contribution in [0.2, 0.25) is 5.02 Å². The number of sulfonamides is 1. The Balaban J connectivity index is 1.84. The van der Waals surface area contributed by atoms with Gasteiger partial charge >= 0.3 is 0 Å². The van der Waals surface area contributed by atoms with Gasteiger partial charge in [0.15, 0.2) is 0 Å². The van der Waals surface area contributed by atoms with Gasteiger partial charge in [-0.1, -0.05) is 88.2 Å². The van der Waals surface area contributed by atoms with Gasteiger partial charge in [-0.15, -0.1) is 0 Å². The van der Waals surface area contributed by atoms with Crippen molar-refractivity contribution >= 4 is 55.1 Å². The van der Waals surface area contributed by atoms with Crippen LogP contribution in [-0.2, 0) is 32.6 Å². The van der Waals surface area contributed by atoms with Crippen molar-refractivity contribution in [3.63, 3.8) is 0 Å². The van der Waals surface area contributed by atoms with Crippen LogP contribution >= 0.6 is 27.5 Å². The van der Waals surface area contributed by atoms with E-state index in [1.54, 1.807) is 30.3 Å². The fourth-order valence-corrected chi connectivity index (χ4v) is 6.68. The highest BCUT2D eigenvalue weighted by atomic mass is 79.9. The Morgan fingerprint density at radius 3 is 2.11 bits per heavy atom. The summed E-state index contributed by atoms with van der Waals surface area (Å²) in [6.07, 6.45) is 0.216. The highest BCUT2D eigenvalue weighted by Crippen LogP contribution is 2.35. The van der Waals surface area contributed by atoms with Gasteiger partial charge in [0.2, 0.25) is 11.8 Å². The second kappa shape index (κ2) is 15.4. The summed E-state index contributed by atoms with van der Waals surface area (Å²) in [4.78, 5) is 29.8. The summed E-state index contributed by atoms with van der Waals surface area (Å²) >= 11 is 9.78. The minimum Gasteiger partial charge on any atom is -0.495 e. The van der Waals surface area contributed by atoms with E-state index in [4.69, 9.17) is 16.3 Å². The first kappa shape index (κ1) is 34.0. The number of amides is 2. The van der Waals surface area contributed by atoms with Gasteiger partial charge in [-0.05, 0) is 67.4 Å². The Kier molecular flexibility index (Phi) is 11.7. The predicted molar refractivity (Wildman–Crippen MR) is 181 cm³/mol. The molecule has 4 aromatic carbocycles. The molecule has 8 nitrogen and oxygen atoms in total. The highest BCUT2D eigenvalue weighted by molar-refractivity contribution is 9.10. The van der Waals surface area contributed by atoms with E-state index in [1.165, 1.54) is 30.2 Å². The number of carbonyl (C=O) groups excluding carboxylic acids is 2. The Morgan fingerprint density at radius 2 is 1.51 bits per heavy atom. The fraction of sp³-hybridized carbons (Fsp3) is 0.235. The van der Waals surface area contributed by atoms with Crippen molar-refractivity contribution in [3.8, 4) is 5.75 Å². The van der Waals surface area contributed by atoms with Crippen LogP contribution in [0.5, 0.6) is 5.75 Å². The van der Waals surface area contributed by atoms with Gasteiger partial charge in [-0.3, -0.25) is 13.9 Å². The number of carbonyl (C=O) groups is 2. The number of hydrogen-bond donors (Lipinski definition) is 1. The number of methoxy groups -OCH3 is 1. The van der Waals surface area contributed by atoms with Crippen molar-refractivity contribution in [1.82, 2.24) is 10.2 Å². The van der Waals surface area contributed by atoms with Crippen LogP contribution in [0.3, 0.4) is 0 Å². The lowest BCUT2D eigenvalue weighted by Crippen LogP contribution is -2.54. The van der Waals surface area contributed by atoms with Crippen molar-refractivity contribution < 1.29 is 22.7 Å². The molecule has 11 heteroatoms. The molecule has 236 valence electrons. The predicted octanol–water partition coefficient (Wildman–Crippen LogP) is 6.47. The Bertz CT molecular complexity index is 1710. The zero-order chi connectivity index (χ0) is 32.6. The smallest absolute Gasteiger partial charge is 0.264 e. The molecular weight excluding hydrogens is 678 g/mol. The maximum atomic E-state index is 14.5. The van der Waals surface area contributed by atoms with Crippen molar-refractivity contribution in [3.05, 3.63) is 124 Å². The van der Waals surface area contributed by atoms with Crippen LogP contribution in [0, 0.1) is 0 Å². The average molecular weight is 713 g/mol. The molecule has 1 atom stereocenters. The number of nitrogens with zero attached hydrogens (tertiary/aromatic N) is 2. The molecule has 0 bridgehead atoms. The molecule has 0 aliphatic rings. The van der Waals surface area contributed by atoms with E-state index in [2.05, 4.69) is 21.2 Å². The van der Waals surface area contributed by atoms with Crippen molar-refractivity contribution in [2.45, 2.75) is 43.8 Å². The molecule has 0 aromatic heterocycles. The largest absolute Gasteiger partial charge is 0.495 e. The van der Waals surface area contributed by atoms with E-state index >= 15 is 0 Å². The third kappa shape index (κ3) is 8.87. The monoisotopic (exact) mass is 711 g/mol. The Hall–Kier alpha value is -3.86. The number of ether oxygens (including phenoxy) is 1. The van der Waals surface area contributed by atoms with E-state index in [0.717, 1.165) is 19.9 Å². The minimum absolute atomic E-state index is 0.0160. The zero-order valence-electron chi connectivity index (χ0n) is 25.2. The summed E-state index contributed by atoms with van der Waals surface area (Å²) in [5.74, 6) is -0.721. The number of halogens is 2. The number of anilines is 1. The molecular formula is C34H35BrClN3O5S. The molecule has 0 fully saturated rings. The molecule has 1 N–H and O–H groups in total. The molecule has 0 saturated heterocycles. The number of rotatable bonds is 13. The molecule has 2 amide bonds. The van der Waals surface area contributed by atoms with E-state index in [-0.39, 0.29) is 46.3 Å². The van der Waals surface area contributed by atoms with Crippen molar-refractivity contribution in [2.75, 3.05) is 18.0 Å². The van der Waals surface area contributed by atoms with Crippen LogP contribution < -0.4 is 14.4 Å². The topological polar surface area (TPSA) is 96.0 Å². The van der Waals surface area contributed by atoms with Gasteiger partial charge < -0.3 is 15.0 Å². The van der Waals surface area contributed by atoms with Gasteiger partial charge in [-0.25, -0.2) is 8.42 Å². The third-order valence-corrected chi connectivity index (χ3v) is 9.53. The van der Waals surface area contributed by atoms with Crippen LogP contribution in [0.25, 0.3) is 0 Å². The van der Waals surface area contributed by atoms with Crippen molar-refractivity contribution in [1.29, 1.82) is 0 Å². The molecule has 0 heterocycles. The standard InChI is InChI=1S/C34H35BrClN3O5S/c1-24(2)37-34(41)31(20-25-10-6-4-7-11-25)38(22-26-14-16-27(35)17-15-26)33(40)23-39(30-21-28(36)18-19-32(30)44-3)45(42,43)29-12-8-5-9-13-29/h4-19,21,24,31H,20,22-23H2,1-3H3,(H,37,41). The SMILES string of the molecule is COc1ccc(Cl)cc1N(CC(=O)N(Cc1ccc(Br)cc1)C(Cc1ccccc1)C(=O)NC(C)C)S(=O)(=O)c1ccccc1. The number of nitrogens with one attached hydrogen (secondary N) is 1. The Morgan fingerprint density at radius 1 is 0.889 bits per heavy atom. The normalized spacial score (nSPS) is 12.0. The minimum atomic E-state index is -4.29. The van der Waals surface area contributed by atoms with Crippen LogP contribution in [0.4, 0.5) is 5.69 Å². The van der Waals surface area contributed by atoms with E-state index < -0.39 is 28.5 Å². The quantitative estimate of drug-likeness (QED) is 0.172. The lowest BCUT2D eigenvalue weighted by Gasteiger charge is -2.34. The van der Waals surface area contributed by atoms with E-state index in [1.807, 2.05) is 68.4 Å². The maximum Gasteiger partial charge on any atom is 0.264 e. The van der Waals surface area contributed by atoms with Gasteiger partial charge in [0.1, 0.15) is 18.3 Å². The fourth-order valence-electron chi connectivity index (χ4n) is 4.81. The average Bonchev–Trinajstić information content (AvgIpc) is 3.02. The summed E-state index contributed by atoms with van der Waals surface area (Å²) < 4.78 is 35.7. The number of hydrogen-bond acceptors (Lipinski definition) is 5. The molecule has 4 aromatic rings. The molecule has 0 aliphatic heterocycles. The third-order valence-electron chi connectivity index (χ3n) is 6.99. The van der Waals surface area contributed by atoms with Crippen LogP contribution in [0.1, 0.15) is 25.0 Å².